The van der Waals surface area contributed by atoms with Crippen molar-refractivity contribution in [3.8, 4) is 5.69 Å². The summed E-state index contributed by atoms with van der Waals surface area (Å²) in [5, 5.41) is 0. The largest absolute Gasteiger partial charge is 0.330 e. The fraction of sp³-hybridized carbons (Fsp3) is 0.258. The van der Waals surface area contributed by atoms with Gasteiger partial charge in [-0.1, -0.05) is 28.9 Å². The average Bonchev–Trinajstić information content (AvgIpc) is 2.94. The lowest BCUT2D eigenvalue weighted by Gasteiger charge is -2.35. The number of aryl methyl sites for hydroxylation is 1. The quantitative estimate of drug-likeness (QED) is 0.283. The molecule has 1 aliphatic rings. The van der Waals surface area contributed by atoms with Gasteiger partial charge in [-0.2, -0.15) is 0 Å². The number of nitrogens with zero attached hydrogens (tertiary/aromatic N) is 4. The van der Waals surface area contributed by atoms with Crippen LogP contribution in [0, 0.1) is 6.92 Å². The molecule has 0 N–H and O–H groups in total. The first kappa shape index (κ1) is 26.7. The van der Waals surface area contributed by atoms with Gasteiger partial charge in [-0.05, 0) is 86.8 Å². The minimum absolute atomic E-state index is 0.0408. The van der Waals surface area contributed by atoms with Gasteiger partial charge in [-0.15, -0.1) is 0 Å². The van der Waals surface area contributed by atoms with E-state index in [0.29, 0.717) is 40.3 Å². The van der Waals surface area contributed by atoms with Crippen LogP contribution < -0.4 is 5.56 Å². The van der Waals surface area contributed by atoms with E-state index in [1.165, 1.54) is 6.92 Å². The SMILES string of the molecule is CC(=O)c1ccc(-n2c(C(C)c3cccnc3)nc3c(c2=O)CC(C)N(C(=O)c2ccc(Br)c(C)c2)C3)cc1. The Labute approximate surface area is 235 Å². The Hall–Kier alpha value is -3.91. The fourth-order valence-electron chi connectivity index (χ4n) is 5.06. The van der Waals surface area contributed by atoms with E-state index in [-0.39, 0.29) is 35.8 Å². The molecule has 0 spiro atoms. The van der Waals surface area contributed by atoms with Gasteiger partial charge in [-0.3, -0.25) is 23.9 Å². The smallest absolute Gasteiger partial charge is 0.261 e. The summed E-state index contributed by atoms with van der Waals surface area (Å²) in [7, 11) is 0. The summed E-state index contributed by atoms with van der Waals surface area (Å²) in [6.45, 7) is 7.67. The van der Waals surface area contributed by atoms with Crippen molar-refractivity contribution in [1.82, 2.24) is 19.4 Å². The lowest BCUT2D eigenvalue weighted by atomic mass is 9.96. The highest BCUT2D eigenvalue weighted by Gasteiger charge is 2.33. The molecule has 5 rings (SSSR count). The van der Waals surface area contributed by atoms with Crippen molar-refractivity contribution >= 4 is 27.6 Å². The molecule has 0 saturated heterocycles. The number of rotatable bonds is 5. The second-order valence-corrected chi connectivity index (χ2v) is 11.0. The number of pyridine rings is 1. The summed E-state index contributed by atoms with van der Waals surface area (Å²) >= 11 is 3.50. The van der Waals surface area contributed by atoms with Crippen molar-refractivity contribution in [1.29, 1.82) is 0 Å². The maximum absolute atomic E-state index is 14.1. The first-order chi connectivity index (χ1) is 18.7. The molecule has 1 aliphatic heterocycles. The first-order valence-electron chi connectivity index (χ1n) is 12.9. The van der Waals surface area contributed by atoms with E-state index < -0.39 is 0 Å². The van der Waals surface area contributed by atoms with Crippen molar-refractivity contribution in [2.24, 2.45) is 0 Å². The van der Waals surface area contributed by atoms with Crippen LogP contribution in [0.5, 0.6) is 0 Å². The Balaban J connectivity index is 1.62. The lowest BCUT2D eigenvalue weighted by Crippen LogP contribution is -2.46. The minimum atomic E-state index is -0.248. The van der Waals surface area contributed by atoms with Gasteiger partial charge < -0.3 is 4.90 Å². The molecule has 198 valence electrons. The number of ketones is 1. The third-order valence-electron chi connectivity index (χ3n) is 7.41. The molecule has 1 amide bonds. The molecule has 7 nitrogen and oxygen atoms in total. The number of halogens is 1. The molecule has 2 aromatic carbocycles. The molecule has 0 bridgehead atoms. The highest BCUT2D eigenvalue weighted by Crippen LogP contribution is 2.28. The monoisotopic (exact) mass is 584 g/mol. The number of fused-ring (bicyclic) bond motifs is 1. The van der Waals surface area contributed by atoms with Gasteiger partial charge in [0.2, 0.25) is 0 Å². The van der Waals surface area contributed by atoms with Gasteiger partial charge in [0, 0.05) is 45.5 Å². The minimum Gasteiger partial charge on any atom is -0.330 e. The second-order valence-electron chi connectivity index (χ2n) is 10.1. The van der Waals surface area contributed by atoms with Crippen LogP contribution in [0.15, 0.2) is 76.3 Å². The standard InChI is InChI=1S/C31H29BrN4O3/c1-18-14-23(9-12-27(18)32)30(38)35-17-28-26(15-19(35)2)31(39)36(25-10-7-22(8-11-25)21(4)37)29(34-28)20(3)24-6-5-13-33-16-24/h5-14,16,19-20H,15,17H2,1-4H3. The zero-order valence-corrected chi connectivity index (χ0v) is 23.9. The number of carbonyl (C=O) groups is 2. The summed E-state index contributed by atoms with van der Waals surface area (Å²) in [4.78, 5) is 50.6. The van der Waals surface area contributed by atoms with E-state index in [9.17, 15) is 14.4 Å². The normalized spacial score (nSPS) is 15.5. The predicted octanol–water partition coefficient (Wildman–Crippen LogP) is 5.64. The van der Waals surface area contributed by atoms with Crippen LogP contribution in [0.3, 0.4) is 0 Å². The maximum atomic E-state index is 14.1. The molecule has 4 aromatic rings. The van der Waals surface area contributed by atoms with Crippen LogP contribution >= 0.6 is 15.9 Å². The molecule has 8 heteroatoms. The van der Waals surface area contributed by atoms with Crippen LogP contribution in [0.4, 0.5) is 0 Å². The van der Waals surface area contributed by atoms with Gasteiger partial charge in [0.25, 0.3) is 11.5 Å². The van der Waals surface area contributed by atoms with Gasteiger partial charge in [-0.25, -0.2) is 4.98 Å². The van der Waals surface area contributed by atoms with Crippen LogP contribution in [0.25, 0.3) is 5.69 Å². The highest BCUT2D eigenvalue weighted by atomic mass is 79.9. The molecule has 39 heavy (non-hydrogen) atoms. The third-order valence-corrected chi connectivity index (χ3v) is 8.30. The molecular weight excluding hydrogens is 556 g/mol. The van der Waals surface area contributed by atoms with Crippen LogP contribution in [0.1, 0.15) is 75.6 Å². The topological polar surface area (TPSA) is 85.2 Å². The lowest BCUT2D eigenvalue weighted by molar-refractivity contribution is 0.0652. The number of benzene rings is 2. The number of hydrogen-bond donors (Lipinski definition) is 0. The molecule has 2 aromatic heterocycles. The van der Waals surface area contributed by atoms with Gasteiger partial charge in [0.15, 0.2) is 5.78 Å². The van der Waals surface area contributed by atoms with Gasteiger partial charge >= 0.3 is 0 Å². The van der Waals surface area contributed by atoms with Crippen molar-refractivity contribution < 1.29 is 9.59 Å². The van der Waals surface area contributed by atoms with Gasteiger partial charge in [0.1, 0.15) is 5.82 Å². The Morgan fingerprint density at radius 1 is 1.08 bits per heavy atom. The summed E-state index contributed by atoms with van der Waals surface area (Å²) < 4.78 is 2.59. The van der Waals surface area contributed by atoms with Crippen LogP contribution in [-0.4, -0.2) is 37.2 Å². The molecular formula is C31H29BrN4O3. The molecule has 0 saturated carbocycles. The van der Waals surface area contributed by atoms with E-state index in [4.69, 9.17) is 4.98 Å². The molecule has 2 atom stereocenters. The van der Waals surface area contributed by atoms with Crippen LogP contribution in [0.2, 0.25) is 0 Å². The van der Waals surface area contributed by atoms with E-state index in [1.54, 1.807) is 46.1 Å². The van der Waals surface area contributed by atoms with Crippen molar-refractivity contribution in [3.05, 3.63) is 121 Å². The summed E-state index contributed by atoms with van der Waals surface area (Å²) in [6, 6.07) is 16.2. The van der Waals surface area contributed by atoms with Gasteiger partial charge in [0.05, 0.1) is 17.9 Å². The van der Waals surface area contributed by atoms with E-state index in [0.717, 1.165) is 15.6 Å². The predicted molar refractivity (Wildman–Crippen MR) is 154 cm³/mol. The highest BCUT2D eigenvalue weighted by molar-refractivity contribution is 9.10. The van der Waals surface area contributed by atoms with Crippen LogP contribution in [-0.2, 0) is 13.0 Å². The summed E-state index contributed by atoms with van der Waals surface area (Å²) in [5.74, 6) is 0.183. The number of amides is 1. The third kappa shape index (κ3) is 5.08. The number of aromatic nitrogens is 3. The van der Waals surface area contributed by atoms with Crippen molar-refractivity contribution in [2.75, 3.05) is 0 Å². The molecule has 0 fully saturated rings. The second kappa shape index (κ2) is 10.7. The number of Topliss-reactive ketones (excluding diaryl/α,β-unsaturated/α-hetero) is 1. The molecule has 0 radical (unpaired) electrons. The first-order valence-corrected chi connectivity index (χ1v) is 13.7. The zero-order chi connectivity index (χ0) is 27.8. The van der Waals surface area contributed by atoms with E-state index in [2.05, 4.69) is 20.9 Å². The average molecular weight is 586 g/mol. The zero-order valence-electron chi connectivity index (χ0n) is 22.3. The number of carbonyl (C=O) groups excluding carboxylic acids is 2. The Morgan fingerprint density at radius 3 is 2.44 bits per heavy atom. The Kier molecular flexibility index (Phi) is 7.32. The number of hydrogen-bond acceptors (Lipinski definition) is 5. The fourth-order valence-corrected chi connectivity index (χ4v) is 5.31. The molecule has 0 aliphatic carbocycles. The van der Waals surface area contributed by atoms with E-state index >= 15 is 0 Å². The summed E-state index contributed by atoms with van der Waals surface area (Å²) in [5.41, 5.74) is 4.79. The maximum Gasteiger partial charge on any atom is 0.261 e. The Bertz CT molecular complexity index is 1630. The molecule has 2 unspecified atom stereocenters. The van der Waals surface area contributed by atoms with E-state index in [1.807, 2.05) is 51.1 Å². The molecule has 3 heterocycles. The Morgan fingerprint density at radius 2 is 1.79 bits per heavy atom. The van der Waals surface area contributed by atoms with Crippen molar-refractivity contribution in [3.63, 3.8) is 0 Å². The summed E-state index contributed by atoms with van der Waals surface area (Å²) in [6.07, 6.45) is 3.88. The van der Waals surface area contributed by atoms with Crippen molar-refractivity contribution in [2.45, 2.75) is 52.6 Å².